The molecule has 10 aromatic rings. The van der Waals surface area contributed by atoms with Gasteiger partial charge >= 0.3 is 7.12 Å². The normalized spacial score (nSPS) is 13.4. The molecule has 2 spiro atoms. The SMILES string of the molecule is Brc1ccc2c(c1)C1(c3ccccc3Oc3ccccc31)c1ccccc1-2.O=[N+]([O-])c1ccccc1-c1ccc2c(c1)C1(c3ccccc3Oc3ccccc31)c1ccccc1-2.O=[N+]([O-])c1ccccc1B(O)O. The van der Waals surface area contributed by atoms with Crippen molar-refractivity contribution in [3.63, 3.8) is 0 Å². The van der Waals surface area contributed by atoms with Crippen LogP contribution < -0.4 is 14.9 Å². The molecule has 2 aliphatic carbocycles. The van der Waals surface area contributed by atoms with E-state index in [-0.39, 0.29) is 27.2 Å². The van der Waals surface area contributed by atoms with Crippen LogP contribution in [0.4, 0.5) is 11.4 Å². The highest BCUT2D eigenvalue weighted by atomic mass is 79.9. The van der Waals surface area contributed by atoms with Crippen molar-refractivity contribution < 1.29 is 29.4 Å². The molecule has 4 aliphatic rings. The van der Waals surface area contributed by atoms with E-state index in [1.165, 1.54) is 68.8 Å². The van der Waals surface area contributed by atoms with Gasteiger partial charge < -0.3 is 19.5 Å². The number of benzene rings is 10. The molecule has 2 aliphatic heterocycles. The average molecular weight is 1030 g/mol. The van der Waals surface area contributed by atoms with Crippen molar-refractivity contribution in [2.75, 3.05) is 0 Å². The molecule has 0 bridgehead atoms. The van der Waals surface area contributed by atoms with Crippen LogP contribution >= 0.6 is 15.9 Å². The van der Waals surface area contributed by atoms with E-state index in [2.05, 4.69) is 143 Å². The lowest BCUT2D eigenvalue weighted by atomic mass is 9.66. The number of halogens is 1. The van der Waals surface area contributed by atoms with Crippen LogP contribution in [0, 0.1) is 20.2 Å². The fraction of sp³-hybridized carbons (Fsp3) is 0.0323. The van der Waals surface area contributed by atoms with Crippen LogP contribution in [-0.4, -0.2) is 27.0 Å². The zero-order chi connectivity index (χ0) is 50.7. The molecule has 0 atom stereocenters. The Kier molecular flexibility index (Phi) is 11.4. The summed E-state index contributed by atoms with van der Waals surface area (Å²) >= 11 is 3.71. The quantitative estimate of drug-likeness (QED) is 0.101. The van der Waals surface area contributed by atoms with E-state index in [9.17, 15) is 20.2 Å². The Labute approximate surface area is 434 Å². The molecule has 0 radical (unpaired) electrons. The first-order chi connectivity index (χ1) is 36.1. The molecule has 74 heavy (non-hydrogen) atoms. The number of ether oxygens (including phenoxy) is 2. The number of para-hydroxylation sites is 6. The second kappa shape index (κ2) is 18.3. The predicted molar refractivity (Wildman–Crippen MR) is 290 cm³/mol. The minimum Gasteiger partial charge on any atom is -0.457 e. The van der Waals surface area contributed by atoms with Crippen molar-refractivity contribution in [3.05, 3.63) is 300 Å². The summed E-state index contributed by atoms with van der Waals surface area (Å²) < 4.78 is 13.8. The van der Waals surface area contributed by atoms with Gasteiger partial charge in [-0.05, 0) is 98.6 Å². The molecule has 2 N–H and O–H groups in total. The van der Waals surface area contributed by atoms with Gasteiger partial charge in [-0.2, -0.15) is 0 Å². The van der Waals surface area contributed by atoms with Crippen LogP contribution in [0.25, 0.3) is 33.4 Å². The molecule has 12 heteroatoms. The van der Waals surface area contributed by atoms with Crippen molar-refractivity contribution in [1.29, 1.82) is 0 Å². The van der Waals surface area contributed by atoms with Gasteiger partial charge in [-0.3, -0.25) is 20.2 Å². The number of rotatable bonds is 4. The summed E-state index contributed by atoms with van der Waals surface area (Å²) in [6.07, 6.45) is 0. The third-order valence-corrected chi connectivity index (χ3v) is 15.0. The van der Waals surface area contributed by atoms with E-state index in [1.54, 1.807) is 12.1 Å². The maximum atomic E-state index is 11.8. The zero-order valence-corrected chi connectivity index (χ0v) is 40.7. The third-order valence-electron chi connectivity index (χ3n) is 14.5. The lowest BCUT2D eigenvalue weighted by Crippen LogP contribution is -2.32. The van der Waals surface area contributed by atoms with Gasteiger partial charge in [0.1, 0.15) is 23.0 Å². The minimum absolute atomic E-state index is 0.0949. The number of nitrogens with zero attached hydrogens (tertiary/aromatic N) is 2. The van der Waals surface area contributed by atoms with Gasteiger partial charge in [-0.15, -0.1) is 0 Å². The molecule has 0 unspecified atom stereocenters. The minimum atomic E-state index is -1.80. The molecule has 10 nitrogen and oxygen atoms in total. The fourth-order valence-electron chi connectivity index (χ4n) is 11.6. The summed E-state index contributed by atoms with van der Waals surface area (Å²) in [7, 11) is -1.80. The highest BCUT2D eigenvalue weighted by Crippen LogP contribution is 2.64. The zero-order valence-electron chi connectivity index (χ0n) is 39.1. The molecule has 0 amide bonds. The van der Waals surface area contributed by atoms with Crippen molar-refractivity contribution >= 4 is 39.9 Å². The Morgan fingerprint density at radius 1 is 0.378 bits per heavy atom. The molecule has 0 saturated carbocycles. The summed E-state index contributed by atoms with van der Waals surface area (Å²) in [5.41, 5.74) is 14.6. The maximum absolute atomic E-state index is 11.8. The summed E-state index contributed by atoms with van der Waals surface area (Å²) in [5.74, 6) is 3.51. The van der Waals surface area contributed by atoms with Crippen LogP contribution in [0.1, 0.15) is 44.5 Å². The maximum Gasteiger partial charge on any atom is 0.495 e. The van der Waals surface area contributed by atoms with Crippen LogP contribution in [0.15, 0.2) is 235 Å². The largest absolute Gasteiger partial charge is 0.495 e. The van der Waals surface area contributed by atoms with Crippen molar-refractivity contribution in [2.24, 2.45) is 0 Å². The van der Waals surface area contributed by atoms with E-state index in [0.29, 0.717) is 5.56 Å². The molecule has 0 saturated heterocycles. The molecule has 2 heterocycles. The number of nitro benzene ring substituents is 2. The second-order valence-electron chi connectivity index (χ2n) is 18.2. The third kappa shape index (κ3) is 7.09. The highest BCUT2D eigenvalue weighted by Gasteiger charge is 2.52. The van der Waals surface area contributed by atoms with Gasteiger partial charge in [-0.1, -0.05) is 186 Å². The first-order valence-corrected chi connectivity index (χ1v) is 24.6. The van der Waals surface area contributed by atoms with E-state index in [0.717, 1.165) is 55.3 Å². The Hall–Kier alpha value is -8.94. The van der Waals surface area contributed by atoms with Gasteiger partial charge in [0.25, 0.3) is 11.4 Å². The molecule has 356 valence electrons. The number of fused-ring (bicyclic) bond motifs is 18. The van der Waals surface area contributed by atoms with Gasteiger partial charge in [0.2, 0.25) is 0 Å². The molecule has 0 fully saturated rings. The van der Waals surface area contributed by atoms with Gasteiger partial charge in [0.15, 0.2) is 0 Å². The Morgan fingerprint density at radius 2 is 0.730 bits per heavy atom. The average Bonchev–Trinajstić information content (AvgIpc) is 3.88. The summed E-state index contributed by atoms with van der Waals surface area (Å²) in [4.78, 5) is 21.2. The van der Waals surface area contributed by atoms with E-state index in [1.807, 2.05) is 66.7 Å². The summed E-state index contributed by atoms with van der Waals surface area (Å²) in [5, 5.41) is 39.5. The lowest BCUT2D eigenvalue weighted by molar-refractivity contribution is -0.384. The second-order valence-corrected chi connectivity index (χ2v) is 19.1. The van der Waals surface area contributed by atoms with Crippen LogP contribution in [-0.2, 0) is 10.8 Å². The molecule has 14 rings (SSSR count). The molecular formula is C62H40BBrN2O8. The topological polar surface area (TPSA) is 145 Å². The van der Waals surface area contributed by atoms with Crippen LogP contribution in [0.2, 0.25) is 0 Å². The lowest BCUT2D eigenvalue weighted by Gasteiger charge is -2.39. The summed E-state index contributed by atoms with van der Waals surface area (Å²) in [6.45, 7) is 0. The van der Waals surface area contributed by atoms with Gasteiger partial charge in [0.05, 0.1) is 31.7 Å². The molecule has 0 aromatic heterocycles. The van der Waals surface area contributed by atoms with Crippen molar-refractivity contribution in [3.8, 4) is 56.4 Å². The van der Waals surface area contributed by atoms with Crippen LogP contribution in [0.5, 0.6) is 23.0 Å². The van der Waals surface area contributed by atoms with Gasteiger partial charge in [0, 0.05) is 38.9 Å². The van der Waals surface area contributed by atoms with E-state index >= 15 is 0 Å². The number of nitro groups is 2. The first-order valence-electron chi connectivity index (χ1n) is 23.8. The smallest absolute Gasteiger partial charge is 0.457 e. The van der Waals surface area contributed by atoms with Gasteiger partial charge in [-0.25, -0.2) is 0 Å². The number of hydrogen-bond acceptors (Lipinski definition) is 8. The number of hydrogen-bond donors (Lipinski definition) is 2. The predicted octanol–water partition coefficient (Wildman–Crippen LogP) is 13.9. The van der Waals surface area contributed by atoms with Crippen LogP contribution in [0.3, 0.4) is 0 Å². The Morgan fingerprint density at radius 3 is 1.18 bits per heavy atom. The standard InChI is InChI=1S/C31H19NO3.C25H15BrO.C6H6BNO4/c33-32(34)28-14-6-2-9-21(28)20-17-18-23-22-10-1-3-11-24(22)31(27(23)19-20)25-12-4-7-15-29(25)35-30-16-8-5-13-26(30)31;26-16-13-14-18-17-7-1-2-8-19(17)25(22(18)15-16)20-9-3-5-11-23(20)27-24-12-6-4-10-21(24)25;9-7(10)5-3-1-2-4-6(5)8(11)12/h1-19H;1-15H;1-4,9-10H. The van der Waals surface area contributed by atoms with Crippen molar-refractivity contribution in [2.45, 2.75) is 10.8 Å². The first kappa shape index (κ1) is 46.2. The van der Waals surface area contributed by atoms with E-state index < -0.39 is 17.5 Å². The Balaban J connectivity index is 0.000000126. The molecular weight excluding hydrogens is 991 g/mol. The van der Waals surface area contributed by atoms with Crippen molar-refractivity contribution in [1.82, 2.24) is 0 Å². The monoisotopic (exact) mass is 1030 g/mol. The Bertz CT molecular complexity index is 3820. The highest BCUT2D eigenvalue weighted by molar-refractivity contribution is 9.10. The fourth-order valence-corrected chi connectivity index (χ4v) is 12.0. The van der Waals surface area contributed by atoms with E-state index in [4.69, 9.17) is 19.5 Å². The molecule has 10 aromatic carbocycles. The summed E-state index contributed by atoms with van der Waals surface area (Å²) in [6, 6.07) is 75.8.